The molecule has 0 radical (unpaired) electrons. The van der Waals surface area contributed by atoms with Gasteiger partial charge in [0, 0.05) is 50.7 Å². The summed E-state index contributed by atoms with van der Waals surface area (Å²) in [6, 6.07) is 22.4. The summed E-state index contributed by atoms with van der Waals surface area (Å²) in [6.45, 7) is 6.30. The molecule has 41 heavy (non-hydrogen) atoms. The van der Waals surface area contributed by atoms with Gasteiger partial charge in [0.15, 0.2) is 0 Å². The van der Waals surface area contributed by atoms with Crippen LogP contribution in [0.2, 0.25) is 0 Å². The van der Waals surface area contributed by atoms with E-state index < -0.39 is 0 Å². The topological polar surface area (TPSA) is 43.9 Å². The highest BCUT2D eigenvalue weighted by atomic mass is 19.1. The molecule has 1 saturated carbocycles. The van der Waals surface area contributed by atoms with Gasteiger partial charge in [0.2, 0.25) is 5.91 Å². The van der Waals surface area contributed by atoms with Crippen molar-refractivity contribution in [3.8, 4) is 0 Å². The van der Waals surface area contributed by atoms with Gasteiger partial charge in [0.1, 0.15) is 5.82 Å². The third-order valence-electron chi connectivity index (χ3n) is 8.56. The average molecular weight is 556 g/mol. The Morgan fingerprint density at radius 2 is 1.49 bits per heavy atom. The zero-order valence-corrected chi connectivity index (χ0v) is 24.2. The number of halogens is 1. The van der Waals surface area contributed by atoms with Crippen LogP contribution in [-0.2, 0) is 17.9 Å². The Bertz CT molecular complexity index is 1300. The second kappa shape index (κ2) is 13.9. The number of anilines is 1. The van der Waals surface area contributed by atoms with Gasteiger partial charge in [-0.05, 0) is 73.6 Å². The van der Waals surface area contributed by atoms with E-state index in [2.05, 4.69) is 40.1 Å². The van der Waals surface area contributed by atoms with Gasteiger partial charge in [-0.1, -0.05) is 67.8 Å². The van der Waals surface area contributed by atoms with Gasteiger partial charge in [0.05, 0.1) is 5.69 Å². The Hall–Kier alpha value is -3.51. The first-order chi connectivity index (χ1) is 20.0. The van der Waals surface area contributed by atoms with Crippen molar-refractivity contribution in [2.24, 2.45) is 5.92 Å². The first-order valence-electron chi connectivity index (χ1n) is 15.2. The molecule has 0 spiro atoms. The summed E-state index contributed by atoms with van der Waals surface area (Å²) < 4.78 is 13.7. The molecular weight excluding hydrogens is 513 g/mol. The number of hydrogen-bond donors (Lipinski definition) is 0. The average Bonchev–Trinajstić information content (AvgIpc) is 2.99. The lowest BCUT2D eigenvalue weighted by Gasteiger charge is -2.34. The molecule has 1 fully saturated rings. The number of nitrogens with zero attached hydrogens (tertiary/aromatic N) is 3. The lowest BCUT2D eigenvalue weighted by atomic mass is 9.88. The molecule has 5 nitrogen and oxygen atoms in total. The SMILES string of the molecule is Cc1cccc2c1N(C(=O)c1ccc(F)cc1)CCCN(Cc1ccccc1)CCCN(C(=O)C1CCCCC1)C2. The van der Waals surface area contributed by atoms with Crippen molar-refractivity contribution in [3.05, 3.63) is 101 Å². The zero-order valence-electron chi connectivity index (χ0n) is 24.2. The van der Waals surface area contributed by atoms with Crippen LogP contribution in [0, 0.1) is 18.7 Å². The van der Waals surface area contributed by atoms with Crippen LogP contribution in [0.5, 0.6) is 0 Å². The second-order valence-corrected chi connectivity index (χ2v) is 11.6. The number of hydrogen-bond acceptors (Lipinski definition) is 3. The second-order valence-electron chi connectivity index (χ2n) is 11.6. The Balaban J connectivity index is 1.49. The van der Waals surface area contributed by atoms with Crippen LogP contribution >= 0.6 is 0 Å². The van der Waals surface area contributed by atoms with Crippen molar-refractivity contribution >= 4 is 17.5 Å². The predicted molar refractivity (Wildman–Crippen MR) is 162 cm³/mol. The maximum absolute atomic E-state index is 14.0. The van der Waals surface area contributed by atoms with Crippen molar-refractivity contribution in [2.75, 3.05) is 31.1 Å². The number of fused-ring (bicyclic) bond motifs is 1. The van der Waals surface area contributed by atoms with E-state index in [4.69, 9.17) is 0 Å². The largest absolute Gasteiger partial charge is 0.338 e. The molecule has 3 aromatic rings. The standard InChI is InChI=1S/C35H42FN3O2/c1-27-11-8-16-31-26-38(34(40)29-14-6-3-7-15-29)23-9-21-37(25-28-12-4-2-5-13-28)22-10-24-39(33(27)31)35(41)30-17-19-32(36)20-18-30/h2,4-5,8,11-13,16-20,29H,3,6-7,9-10,14-15,21-26H2,1H3. The van der Waals surface area contributed by atoms with Gasteiger partial charge in [-0.2, -0.15) is 0 Å². The number of benzene rings is 3. The quantitative estimate of drug-likeness (QED) is 0.349. The normalized spacial score (nSPS) is 17.8. The smallest absolute Gasteiger partial charge is 0.258 e. The molecule has 3 aromatic carbocycles. The van der Waals surface area contributed by atoms with Crippen LogP contribution < -0.4 is 4.90 Å². The van der Waals surface area contributed by atoms with Crippen LogP contribution in [0.15, 0.2) is 72.8 Å². The molecule has 6 heteroatoms. The van der Waals surface area contributed by atoms with E-state index in [0.29, 0.717) is 25.2 Å². The molecule has 2 aliphatic rings. The van der Waals surface area contributed by atoms with Crippen molar-refractivity contribution in [1.82, 2.24) is 9.80 Å². The van der Waals surface area contributed by atoms with Gasteiger partial charge < -0.3 is 9.80 Å². The van der Waals surface area contributed by atoms with Crippen LogP contribution in [0.25, 0.3) is 0 Å². The third kappa shape index (κ3) is 7.42. The fraction of sp³-hybridized carbons (Fsp3) is 0.429. The summed E-state index contributed by atoms with van der Waals surface area (Å²) in [5.41, 5.74) is 4.59. The third-order valence-corrected chi connectivity index (χ3v) is 8.56. The summed E-state index contributed by atoms with van der Waals surface area (Å²) in [4.78, 5) is 34.3. The first kappa shape index (κ1) is 29.0. The Labute approximate surface area is 244 Å². The minimum absolute atomic E-state index is 0.0855. The summed E-state index contributed by atoms with van der Waals surface area (Å²) >= 11 is 0. The lowest BCUT2D eigenvalue weighted by molar-refractivity contribution is -0.137. The van der Waals surface area contributed by atoms with Crippen LogP contribution in [0.4, 0.5) is 10.1 Å². The van der Waals surface area contributed by atoms with E-state index in [1.807, 2.05) is 30.0 Å². The van der Waals surface area contributed by atoms with Gasteiger partial charge in [0.25, 0.3) is 5.91 Å². The Morgan fingerprint density at radius 1 is 0.780 bits per heavy atom. The van der Waals surface area contributed by atoms with Crippen molar-refractivity contribution < 1.29 is 14.0 Å². The van der Waals surface area contributed by atoms with Crippen molar-refractivity contribution in [1.29, 1.82) is 0 Å². The van der Waals surface area contributed by atoms with Gasteiger partial charge in [-0.25, -0.2) is 4.39 Å². The van der Waals surface area contributed by atoms with E-state index in [1.165, 1.54) is 24.1 Å². The van der Waals surface area contributed by atoms with E-state index in [1.54, 1.807) is 12.1 Å². The Kier molecular flexibility index (Phi) is 9.84. The molecule has 1 aliphatic heterocycles. The summed E-state index contributed by atoms with van der Waals surface area (Å²) in [6.07, 6.45) is 7.08. The first-order valence-corrected chi connectivity index (χ1v) is 15.2. The highest BCUT2D eigenvalue weighted by molar-refractivity contribution is 6.07. The van der Waals surface area contributed by atoms with E-state index in [0.717, 1.165) is 75.0 Å². The molecule has 0 unspecified atom stereocenters. The van der Waals surface area contributed by atoms with Crippen molar-refractivity contribution in [3.63, 3.8) is 0 Å². The minimum atomic E-state index is -0.361. The molecular formula is C35H42FN3O2. The predicted octanol–water partition coefficient (Wildman–Crippen LogP) is 6.99. The van der Waals surface area contributed by atoms with E-state index in [-0.39, 0.29) is 23.5 Å². The molecule has 0 saturated heterocycles. The monoisotopic (exact) mass is 555 g/mol. The molecule has 0 bridgehead atoms. The van der Waals surface area contributed by atoms with E-state index in [9.17, 15) is 14.0 Å². The van der Waals surface area contributed by atoms with Crippen LogP contribution in [-0.4, -0.2) is 47.8 Å². The molecule has 2 amide bonds. The maximum Gasteiger partial charge on any atom is 0.258 e. The van der Waals surface area contributed by atoms with Gasteiger partial charge in [-0.15, -0.1) is 0 Å². The summed E-state index contributed by atoms with van der Waals surface area (Å²) in [5, 5.41) is 0. The number of aryl methyl sites for hydroxylation is 1. The van der Waals surface area contributed by atoms with Crippen LogP contribution in [0.3, 0.4) is 0 Å². The highest BCUT2D eigenvalue weighted by Crippen LogP contribution is 2.31. The number of carbonyl (C=O) groups excluding carboxylic acids is 2. The molecule has 1 heterocycles. The molecule has 216 valence electrons. The van der Waals surface area contributed by atoms with E-state index >= 15 is 0 Å². The summed E-state index contributed by atoms with van der Waals surface area (Å²) in [7, 11) is 0. The maximum atomic E-state index is 14.0. The minimum Gasteiger partial charge on any atom is -0.338 e. The van der Waals surface area contributed by atoms with Crippen LogP contribution in [0.1, 0.15) is 72.0 Å². The lowest BCUT2D eigenvalue weighted by Crippen LogP contribution is -2.41. The number of amides is 2. The fourth-order valence-corrected chi connectivity index (χ4v) is 6.43. The molecule has 0 N–H and O–H groups in total. The number of carbonyl (C=O) groups is 2. The number of para-hydroxylation sites is 1. The number of rotatable bonds is 4. The van der Waals surface area contributed by atoms with Gasteiger partial charge >= 0.3 is 0 Å². The molecule has 0 aromatic heterocycles. The highest BCUT2D eigenvalue weighted by Gasteiger charge is 2.29. The van der Waals surface area contributed by atoms with Gasteiger partial charge in [-0.3, -0.25) is 14.5 Å². The molecule has 5 rings (SSSR count). The Morgan fingerprint density at radius 3 is 2.22 bits per heavy atom. The fourth-order valence-electron chi connectivity index (χ4n) is 6.43. The summed E-state index contributed by atoms with van der Waals surface area (Å²) in [5.74, 6) is -0.167. The molecule has 0 atom stereocenters. The van der Waals surface area contributed by atoms with Crippen molar-refractivity contribution in [2.45, 2.75) is 65.0 Å². The zero-order chi connectivity index (χ0) is 28.6. The molecule has 1 aliphatic carbocycles.